The number of alkyl halides is 1. The maximum atomic E-state index is 14.2. The highest BCUT2D eigenvalue weighted by atomic mass is 19.1. The van der Waals surface area contributed by atoms with Crippen molar-refractivity contribution in [2.45, 2.75) is 84.4 Å². The number of hydrogen-bond acceptors (Lipinski definition) is 3. The Labute approximate surface area is 182 Å². The van der Waals surface area contributed by atoms with Gasteiger partial charge in [-0.2, -0.15) is 0 Å². The Bertz CT molecular complexity index is 629. The Morgan fingerprint density at radius 1 is 1.23 bits per heavy atom. The van der Waals surface area contributed by atoms with Crippen LogP contribution in [0.5, 0.6) is 5.75 Å². The first-order chi connectivity index (χ1) is 14.3. The third-order valence-corrected chi connectivity index (χ3v) is 4.73. The van der Waals surface area contributed by atoms with E-state index in [1.54, 1.807) is 13.0 Å². The van der Waals surface area contributed by atoms with Crippen LogP contribution >= 0.6 is 0 Å². The Balaban J connectivity index is 0.000000329. The average molecular weight is 419 g/mol. The first-order valence-electron chi connectivity index (χ1n) is 11.2. The van der Waals surface area contributed by atoms with E-state index in [0.29, 0.717) is 12.3 Å². The summed E-state index contributed by atoms with van der Waals surface area (Å²) in [5.41, 5.74) is -1.39. The number of carbonyl (C=O) groups excluding carboxylic acids is 1. The highest BCUT2D eigenvalue weighted by Crippen LogP contribution is 2.27. The SMILES string of the molecule is C/C=C\CCCC(=O)OC(C)C.CC(F)(/C=C/C1CCCC1)COc1ccccc1. The van der Waals surface area contributed by atoms with Crippen molar-refractivity contribution in [3.05, 3.63) is 54.6 Å². The summed E-state index contributed by atoms with van der Waals surface area (Å²) in [7, 11) is 0. The molecule has 2 rings (SSSR count). The quantitative estimate of drug-likeness (QED) is 0.228. The highest BCUT2D eigenvalue weighted by Gasteiger charge is 2.22. The molecular formula is C26H39FO3. The van der Waals surface area contributed by atoms with E-state index in [1.807, 2.05) is 63.3 Å². The van der Waals surface area contributed by atoms with Crippen LogP contribution in [-0.2, 0) is 9.53 Å². The molecule has 1 aromatic carbocycles. The smallest absolute Gasteiger partial charge is 0.306 e. The number of ether oxygens (including phenoxy) is 2. The molecule has 0 aromatic heterocycles. The molecule has 1 saturated carbocycles. The van der Waals surface area contributed by atoms with Crippen LogP contribution in [0.3, 0.4) is 0 Å². The van der Waals surface area contributed by atoms with E-state index in [0.717, 1.165) is 18.6 Å². The van der Waals surface area contributed by atoms with Crippen molar-refractivity contribution in [2.24, 2.45) is 5.92 Å². The van der Waals surface area contributed by atoms with E-state index in [4.69, 9.17) is 9.47 Å². The van der Waals surface area contributed by atoms with Crippen LogP contribution in [-0.4, -0.2) is 24.3 Å². The molecule has 0 heterocycles. The summed E-state index contributed by atoms with van der Waals surface area (Å²) in [6, 6.07) is 9.38. The minimum atomic E-state index is -1.39. The summed E-state index contributed by atoms with van der Waals surface area (Å²) < 4.78 is 24.6. The lowest BCUT2D eigenvalue weighted by Gasteiger charge is -2.17. The van der Waals surface area contributed by atoms with Crippen LogP contribution in [0.25, 0.3) is 0 Å². The number of unbranched alkanes of at least 4 members (excludes halogenated alkanes) is 1. The van der Waals surface area contributed by atoms with Gasteiger partial charge in [-0.15, -0.1) is 0 Å². The molecule has 3 nitrogen and oxygen atoms in total. The molecule has 0 aliphatic heterocycles. The lowest BCUT2D eigenvalue weighted by molar-refractivity contribution is -0.147. The molecule has 1 aliphatic carbocycles. The molecule has 0 saturated heterocycles. The number of esters is 1. The van der Waals surface area contributed by atoms with E-state index >= 15 is 0 Å². The van der Waals surface area contributed by atoms with Gasteiger partial charge in [0.2, 0.25) is 0 Å². The van der Waals surface area contributed by atoms with Gasteiger partial charge in [0.15, 0.2) is 5.67 Å². The van der Waals surface area contributed by atoms with Crippen LogP contribution in [0, 0.1) is 5.92 Å². The fraction of sp³-hybridized carbons (Fsp3) is 0.577. The number of halogens is 1. The van der Waals surface area contributed by atoms with E-state index in [9.17, 15) is 9.18 Å². The minimum absolute atomic E-state index is 0.0132. The van der Waals surface area contributed by atoms with Crippen molar-refractivity contribution in [1.29, 1.82) is 0 Å². The average Bonchev–Trinajstić information content (AvgIpc) is 3.23. The van der Waals surface area contributed by atoms with Crippen LogP contribution < -0.4 is 4.74 Å². The molecule has 1 atom stereocenters. The van der Waals surface area contributed by atoms with E-state index in [1.165, 1.54) is 25.7 Å². The lowest BCUT2D eigenvalue weighted by Crippen LogP contribution is -2.24. The van der Waals surface area contributed by atoms with Gasteiger partial charge in [0.05, 0.1) is 6.10 Å². The van der Waals surface area contributed by atoms with Crippen LogP contribution in [0.15, 0.2) is 54.6 Å². The molecular weight excluding hydrogens is 379 g/mol. The zero-order valence-corrected chi connectivity index (χ0v) is 19.1. The number of para-hydroxylation sites is 1. The summed E-state index contributed by atoms with van der Waals surface area (Å²) in [5, 5.41) is 0. The fourth-order valence-electron chi connectivity index (χ4n) is 3.13. The molecule has 1 aliphatic rings. The Morgan fingerprint density at radius 3 is 2.50 bits per heavy atom. The Hall–Kier alpha value is -2.10. The van der Waals surface area contributed by atoms with Gasteiger partial charge in [-0.25, -0.2) is 4.39 Å². The number of allylic oxidation sites excluding steroid dienone is 3. The van der Waals surface area contributed by atoms with Gasteiger partial charge in [-0.1, -0.05) is 49.3 Å². The second-order valence-corrected chi connectivity index (χ2v) is 8.28. The predicted octanol–water partition coefficient (Wildman–Crippen LogP) is 7.22. The van der Waals surface area contributed by atoms with Crippen molar-refractivity contribution in [2.75, 3.05) is 6.61 Å². The minimum Gasteiger partial charge on any atom is -0.490 e. The molecule has 4 heteroatoms. The molecule has 30 heavy (non-hydrogen) atoms. The monoisotopic (exact) mass is 418 g/mol. The number of benzene rings is 1. The molecule has 1 unspecified atom stereocenters. The molecule has 168 valence electrons. The Morgan fingerprint density at radius 2 is 1.90 bits per heavy atom. The largest absolute Gasteiger partial charge is 0.490 e. The maximum absolute atomic E-state index is 14.2. The number of hydrogen-bond donors (Lipinski definition) is 0. The second-order valence-electron chi connectivity index (χ2n) is 8.28. The Kier molecular flexibility index (Phi) is 12.8. The van der Waals surface area contributed by atoms with E-state index in [2.05, 4.69) is 6.08 Å². The maximum Gasteiger partial charge on any atom is 0.306 e. The van der Waals surface area contributed by atoms with Crippen LogP contribution in [0.1, 0.15) is 72.6 Å². The topological polar surface area (TPSA) is 35.5 Å². The van der Waals surface area contributed by atoms with Gasteiger partial charge >= 0.3 is 5.97 Å². The molecule has 0 bridgehead atoms. The summed E-state index contributed by atoms with van der Waals surface area (Å²) in [5.74, 6) is 1.20. The summed E-state index contributed by atoms with van der Waals surface area (Å²) in [4.78, 5) is 11.0. The van der Waals surface area contributed by atoms with Gasteiger partial charge in [0.1, 0.15) is 12.4 Å². The van der Waals surface area contributed by atoms with Gasteiger partial charge in [0, 0.05) is 6.42 Å². The van der Waals surface area contributed by atoms with Crippen molar-refractivity contribution in [1.82, 2.24) is 0 Å². The van der Waals surface area contributed by atoms with Gasteiger partial charge in [-0.3, -0.25) is 4.79 Å². The normalized spacial score (nSPS) is 16.5. The van der Waals surface area contributed by atoms with Crippen molar-refractivity contribution in [3.63, 3.8) is 0 Å². The third-order valence-electron chi connectivity index (χ3n) is 4.73. The first kappa shape index (κ1) is 25.9. The van der Waals surface area contributed by atoms with Gasteiger partial charge in [0.25, 0.3) is 0 Å². The van der Waals surface area contributed by atoms with E-state index in [-0.39, 0.29) is 18.7 Å². The lowest BCUT2D eigenvalue weighted by atomic mass is 10.0. The van der Waals surface area contributed by atoms with Crippen LogP contribution in [0.4, 0.5) is 4.39 Å². The molecule has 0 N–H and O–H groups in total. The number of rotatable bonds is 10. The van der Waals surface area contributed by atoms with Crippen molar-refractivity contribution >= 4 is 5.97 Å². The van der Waals surface area contributed by atoms with Crippen molar-refractivity contribution in [3.8, 4) is 5.75 Å². The summed E-state index contributed by atoms with van der Waals surface area (Å²) in [6.07, 6.45) is 15.1. The number of carbonyl (C=O) groups is 1. The second kappa shape index (κ2) is 14.8. The highest BCUT2D eigenvalue weighted by molar-refractivity contribution is 5.69. The molecule has 0 spiro atoms. The predicted molar refractivity (Wildman–Crippen MR) is 122 cm³/mol. The summed E-state index contributed by atoms with van der Waals surface area (Å²) in [6.45, 7) is 7.35. The van der Waals surface area contributed by atoms with Gasteiger partial charge < -0.3 is 9.47 Å². The van der Waals surface area contributed by atoms with Crippen LogP contribution in [0.2, 0.25) is 0 Å². The molecule has 0 amide bonds. The molecule has 1 fully saturated rings. The molecule has 1 aromatic rings. The summed E-state index contributed by atoms with van der Waals surface area (Å²) >= 11 is 0. The zero-order chi connectivity index (χ0) is 22.2. The van der Waals surface area contributed by atoms with Gasteiger partial charge in [-0.05, 0) is 77.5 Å². The first-order valence-corrected chi connectivity index (χ1v) is 11.2. The van der Waals surface area contributed by atoms with Crippen molar-refractivity contribution < 1.29 is 18.7 Å². The molecule has 0 radical (unpaired) electrons. The third kappa shape index (κ3) is 13.2. The fourth-order valence-corrected chi connectivity index (χ4v) is 3.13. The van der Waals surface area contributed by atoms with E-state index < -0.39 is 5.67 Å². The standard InChI is InChI=1S/C16H21FO.C10H18O2/c1-16(17,12-11-14-7-5-6-8-14)13-18-15-9-3-2-4-10-15;1-4-5-6-7-8-10(11)12-9(2)3/h2-4,9-12,14H,5-8,13H2,1H3;4-5,9H,6-8H2,1-3H3/b12-11+;5-4-. The zero-order valence-electron chi connectivity index (χ0n) is 19.1.